The number of aromatic nitrogens is 1. The van der Waals surface area contributed by atoms with Crippen LogP contribution in [0.5, 0.6) is 0 Å². The third kappa shape index (κ3) is 2.37. The monoisotopic (exact) mass is 272 g/mol. The zero-order valence-corrected chi connectivity index (χ0v) is 11.7. The third-order valence-corrected chi connectivity index (χ3v) is 4.25. The van der Waals surface area contributed by atoms with Crippen LogP contribution in [0.1, 0.15) is 23.6 Å². The van der Waals surface area contributed by atoms with Gasteiger partial charge in [-0.3, -0.25) is 4.79 Å². The second kappa shape index (κ2) is 5.38. The van der Waals surface area contributed by atoms with Crippen LogP contribution in [0.4, 0.5) is 0 Å². The van der Waals surface area contributed by atoms with Gasteiger partial charge in [-0.1, -0.05) is 12.1 Å². The highest BCUT2D eigenvalue weighted by Gasteiger charge is 2.24. The van der Waals surface area contributed by atoms with Crippen molar-refractivity contribution in [3.63, 3.8) is 0 Å². The lowest BCUT2D eigenvalue weighted by Crippen LogP contribution is -2.24. The summed E-state index contributed by atoms with van der Waals surface area (Å²) in [6, 6.07) is 7.96. The summed E-state index contributed by atoms with van der Waals surface area (Å²) >= 11 is 0. The van der Waals surface area contributed by atoms with Crippen LogP contribution in [0.3, 0.4) is 0 Å². The Morgan fingerprint density at radius 3 is 3.05 bits per heavy atom. The van der Waals surface area contributed by atoms with E-state index in [-0.39, 0.29) is 12.2 Å². The van der Waals surface area contributed by atoms with E-state index in [0.717, 1.165) is 41.5 Å². The lowest BCUT2D eigenvalue weighted by Gasteiger charge is -2.15. The van der Waals surface area contributed by atoms with Gasteiger partial charge in [0.05, 0.1) is 6.61 Å². The fraction of sp³-hybridized carbons (Fsp3) is 0.438. The molecule has 0 spiro atoms. The second-order valence-corrected chi connectivity index (χ2v) is 5.60. The molecular formula is C16H20N2O2. The van der Waals surface area contributed by atoms with Gasteiger partial charge in [0.15, 0.2) is 0 Å². The molecule has 1 aromatic heterocycles. The summed E-state index contributed by atoms with van der Waals surface area (Å²) < 4.78 is 0. The number of nitrogens with zero attached hydrogens (tertiary/aromatic N) is 1. The Hall–Kier alpha value is -1.65. The maximum absolute atomic E-state index is 12.2. The number of rotatable bonds is 3. The first kappa shape index (κ1) is 13.3. The van der Waals surface area contributed by atoms with E-state index in [1.165, 1.54) is 0 Å². The van der Waals surface area contributed by atoms with Crippen LogP contribution in [-0.4, -0.2) is 41.2 Å². The lowest BCUT2D eigenvalue weighted by molar-refractivity contribution is 0.220. The predicted molar refractivity (Wildman–Crippen MR) is 80.2 cm³/mol. The Kier molecular flexibility index (Phi) is 3.59. The molecule has 1 atom stereocenters. The Morgan fingerprint density at radius 2 is 2.25 bits per heavy atom. The molecule has 1 aliphatic rings. The molecule has 0 aliphatic carbocycles. The van der Waals surface area contributed by atoms with E-state index >= 15 is 0 Å². The van der Waals surface area contributed by atoms with Crippen molar-refractivity contribution in [1.29, 1.82) is 0 Å². The molecule has 2 N–H and O–H groups in total. The molecular weight excluding hydrogens is 252 g/mol. The zero-order chi connectivity index (χ0) is 14.1. The Bertz CT molecular complexity index is 678. The van der Waals surface area contributed by atoms with Crippen molar-refractivity contribution in [1.82, 2.24) is 9.88 Å². The summed E-state index contributed by atoms with van der Waals surface area (Å²) in [5.41, 5.74) is 2.17. The van der Waals surface area contributed by atoms with Gasteiger partial charge < -0.3 is 15.0 Å². The molecule has 20 heavy (non-hydrogen) atoms. The van der Waals surface area contributed by atoms with Crippen LogP contribution < -0.4 is 5.56 Å². The number of aliphatic hydroxyl groups excluding tert-OH is 1. The topological polar surface area (TPSA) is 56.3 Å². The highest BCUT2D eigenvalue weighted by Crippen LogP contribution is 2.27. The van der Waals surface area contributed by atoms with Gasteiger partial charge in [-0.05, 0) is 43.0 Å². The summed E-state index contributed by atoms with van der Waals surface area (Å²) in [6.45, 7) is 4.85. The molecule has 1 fully saturated rings. The van der Waals surface area contributed by atoms with Gasteiger partial charge in [0.2, 0.25) is 0 Å². The first-order chi connectivity index (χ1) is 9.69. The van der Waals surface area contributed by atoms with E-state index in [2.05, 4.69) is 16.0 Å². The first-order valence-corrected chi connectivity index (χ1v) is 7.15. The number of pyridine rings is 1. The lowest BCUT2D eigenvalue weighted by atomic mass is 10.00. The number of β-amino-alcohol motifs (C(OH)–C–C–N with tert-alkyl or cyclic N) is 1. The average Bonchev–Trinajstić information content (AvgIpc) is 2.89. The molecule has 106 valence electrons. The van der Waals surface area contributed by atoms with Gasteiger partial charge in [-0.2, -0.15) is 0 Å². The van der Waals surface area contributed by atoms with Crippen molar-refractivity contribution in [3.05, 3.63) is 45.9 Å². The van der Waals surface area contributed by atoms with Crippen LogP contribution in [0.2, 0.25) is 0 Å². The SMILES string of the molecule is Cc1cccc2c(=O)[nH]c([C@H]3CCN(CCO)C3)cc12. The molecule has 0 saturated carbocycles. The van der Waals surface area contributed by atoms with Crippen LogP contribution in [0.15, 0.2) is 29.1 Å². The molecule has 2 heterocycles. The number of aryl methyl sites for hydroxylation is 1. The molecule has 0 unspecified atom stereocenters. The van der Waals surface area contributed by atoms with Crippen molar-refractivity contribution in [2.75, 3.05) is 26.2 Å². The van der Waals surface area contributed by atoms with E-state index in [1.807, 2.05) is 25.1 Å². The fourth-order valence-corrected chi connectivity index (χ4v) is 3.11. The summed E-state index contributed by atoms with van der Waals surface area (Å²) in [5, 5.41) is 10.8. The van der Waals surface area contributed by atoms with E-state index in [0.29, 0.717) is 12.5 Å². The molecule has 1 aromatic carbocycles. The van der Waals surface area contributed by atoms with Gasteiger partial charge in [0.25, 0.3) is 5.56 Å². The summed E-state index contributed by atoms with van der Waals surface area (Å²) in [6.07, 6.45) is 1.04. The van der Waals surface area contributed by atoms with E-state index in [1.54, 1.807) is 0 Å². The molecule has 0 bridgehead atoms. The maximum atomic E-state index is 12.2. The van der Waals surface area contributed by atoms with E-state index in [4.69, 9.17) is 5.11 Å². The van der Waals surface area contributed by atoms with Crippen LogP contribution in [0, 0.1) is 6.92 Å². The standard InChI is InChI=1S/C16H20N2O2/c1-11-3-2-4-13-14(11)9-15(17-16(13)20)12-5-6-18(10-12)7-8-19/h2-4,9,12,19H,5-8,10H2,1H3,(H,17,20)/t12-/m0/s1. The Morgan fingerprint density at radius 1 is 1.40 bits per heavy atom. The number of aromatic amines is 1. The van der Waals surface area contributed by atoms with Gasteiger partial charge in [-0.15, -0.1) is 0 Å². The van der Waals surface area contributed by atoms with Crippen molar-refractivity contribution in [2.45, 2.75) is 19.3 Å². The molecule has 3 rings (SSSR count). The van der Waals surface area contributed by atoms with Crippen LogP contribution >= 0.6 is 0 Å². The molecule has 4 heteroatoms. The highest BCUT2D eigenvalue weighted by molar-refractivity contribution is 5.85. The average molecular weight is 272 g/mol. The minimum absolute atomic E-state index is 0.00167. The number of hydrogen-bond acceptors (Lipinski definition) is 3. The van der Waals surface area contributed by atoms with E-state index < -0.39 is 0 Å². The number of aliphatic hydroxyl groups is 1. The molecule has 1 saturated heterocycles. The van der Waals surface area contributed by atoms with Gasteiger partial charge in [-0.25, -0.2) is 0 Å². The summed E-state index contributed by atoms with van der Waals surface area (Å²) in [7, 11) is 0. The molecule has 4 nitrogen and oxygen atoms in total. The number of benzene rings is 1. The summed E-state index contributed by atoms with van der Waals surface area (Å²) in [4.78, 5) is 17.5. The Balaban J connectivity index is 1.97. The number of nitrogens with one attached hydrogen (secondary N) is 1. The minimum Gasteiger partial charge on any atom is -0.395 e. The fourth-order valence-electron chi connectivity index (χ4n) is 3.11. The van der Waals surface area contributed by atoms with Crippen LogP contribution in [-0.2, 0) is 0 Å². The molecule has 0 amide bonds. The molecule has 0 radical (unpaired) electrons. The van der Waals surface area contributed by atoms with Gasteiger partial charge in [0, 0.05) is 30.1 Å². The normalized spacial score (nSPS) is 19.8. The first-order valence-electron chi connectivity index (χ1n) is 7.15. The van der Waals surface area contributed by atoms with Crippen molar-refractivity contribution in [3.8, 4) is 0 Å². The van der Waals surface area contributed by atoms with Gasteiger partial charge in [0.1, 0.15) is 0 Å². The van der Waals surface area contributed by atoms with Crippen molar-refractivity contribution < 1.29 is 5.11 Å². The highest BCUT2D eigenvalue weighted by atomic mass is 16.3. The zero-order valence-electron chi connectivity index (χ0n) is 11.7. The second-order valence-electron chi connectivity index (χ2n) is 5.60. The molecule has 2 aromatic rings. The number of fused-ring (bicyclic) bond motifs is 1. The Labute approximate surface area is 118 Å². The van der Waals surface area contributed by atoms with E-state index in [9.17, 15) is 4.79 Å². The largest absolute Gasteiger partial charge is 0.395 e. The quantitative estimate of drug-likeness (QED) is 0.892. The number of likely N-dealkylation sites (tertiary alicyclic amines) is 1. The number of hydrogen-bond donors (Lipinski definition) is 2. The number of H-pyrrole nitrogens is 1. The van der Waals surface area contributed by atoms with Crippen molar-refractivity contribution in [2.24, 2.45) is 0 Å². The predicted octanol–water partition coefficient (Wildman–Crippen LogP) is 1.62. The van der Waals surface area contributed by atoms with Crippen LogP contribution in [0.25, 0.3) is 10.8 Å². The summed E-state index contributed by atoms with van der Waals surface area (Å²) in [5.74, 6) is 0.359. The minimum atomic E-state index is 0.00167. The van der Waals surface area contributed by atoms with Gasteiger partial charge >= 0.3 is 0 Å². The van der Waals surface area contributed by atoms with Crippen molar-refractivity contribution >= 4 is 10.8 Å². The third-order valence-electron chi connectivity index (χ3n) is 4.25. The smallest absolute Gasteiger partial charge is 0.256 e. The maximum Gasteiger partial charge on any atom is 0.256 e. The molecule has 1 aliphatic heterocycles.